The number of ether oxygens (including phenoxy) is 2. The van der Waals surface area contributed by atoms with E-state index in [9.17, 15) is 9.18 Å². The fourth-order valence-corrected chi connectivity index (χ4v) is 2.48. The topological polar surface area (TPSA) is 35.5 Å². The summed E-state index contributed by atoms with van der Waals surface area (Å²) in [5, 5.41) is 0.273. The van der Waals surface area contributed by atoms with Crippen LogP contribution in [0.15, 0.2) is 34.8 Å². The Kier molecular flexibility index (Phi) is 5.20. The van der Waals surface area contributed by atoms with Gasteiger partial charge in [-0.3, -0.25) is 4.79 Å². The SMILES string of the molecule is COc1cc(C=O)cc(Cl)c1OCc1ccc(F)cc1Br. The minimum absolute atomic E-state index is 0.178. The van der Waals surface area contributed by atoms with Crippen molar-refractivity contribution >= 4 is 33.8 Å². The first-order valence-corrected chi connectivity index (χ1v) is 7.11. The zero-order valence-corrected chi connectivity index (χ0v) is 13.4. The van der Waals surface area contributed by atoms with Gasteiger partial charge in [-0.2, -0.15) is 0 Å². The maximum Gasteiger partial charge on any atom is 0.180 e. The number of hydrogen-bond acceptors (Lipinski definition) is 3. The molecule has 2 rings (SSSR count). The van der Waals surface area contributed by atoms with Gasteiger partial charge in [-0.15, -0.1) is 0 Å². The third kappa shape index (κ3) is 3.74. The van der Waals surface area contributed by atoms with Crippen molar-refractivity contribution < 1.29 is 18.7 Å². The van der Waals surface area contributed by atoms with Gasteiger partial charge in [0.1, 0.15) is 18.7 Å². The molecule has 2 aromatic carbocycles. The number of benzene rings is 2. The Labute approximate surface area is 134 Å². The van der Waals surface area contributed by atoms with Gasteiger partial charge in [-0.05, 0) is 24.3 Å². The second-order valence-electron chi connectivity index (χ2n) is 4.18. The van der Waals surface area contributed by atoms with E-state index in [1.807, 2.05) is 0 Å². The molecule has 0 N–H and O–H groups in total. The number of rotatable bonds is 5. The van der Waals surface area contributed by atoms with Crippen LogP contribution in [0.2, 0.25) is 5.02 Å². The number of carbonyl (C=O) groups excluding carboxylic acids is 1. The van der Waals surface area contributed by atoms with E-state index < -0.39 is 0 Å². The van der Waals surface area contributed by atoms with E-state index in [2.05, 4.69) is 15.9 Å². The van der Waals surface area contributed by atoms with Crippen molar-refractivity contribution in [2.45, 2.75) is 6.61 Å². The van der Waals surface area contributed by atoms with E-state index in [-0.39, 0.29) is 17.4 Å². The van der Waals surface area contributed by atoms with E-state index >= 15 is 0 Å². The number of halogens is 3. The Hall–Kier alpha value is -1.59. The highest BCUT2D eigenvalue weighted by Gasteiger charge is 2.13. The Balaban J connectivity index is 2.25. The summed E-state index contributed by atoms with van der Waals surface area (Å²) in [5.41, 5.74) is 1.15. The molecule has 0 bridgehead atoms. The minimum atomic E-state index is -0.337. The third-order valence-corrected chi connectivity index (χ3v) is 3.79. The van der Waals surface area contributed by atoms with Crippen LogP contribution in [-0.4, -0.2) is 13.4 Å². The van der Waals surface area contributed by atoms with Gasteiger partial charge < -0.3 is 9.47 Å². The van der Waals surface area contributed by atoms with Crippen molar-refractivity contribution in [3.8, 4) is 11.5 Å². The Morgan fingerprint density at radius 1 is 1.33 bits per heavy atom. The van der Waals surface area contributed by atoms with Gasteiger partial charge in [0.25, 0.3) is 0 Å². The van der Waals surface area contributed by atoms with Crippen LogP contribution in [0, 0.1) is 5.82 Å². The lowest BCUT2D eigenvalue weighted by Crippen LogP contribution is -2.00. The summed E-state index contributed by atoms with van der Waals surface area (Å²) in [6, 6.07) is 7.34. The standard InChI is InChI=1S/C15H11BrClFO3/c1-20-14-5-9(7-19)4-13(17)15(14)21-8-10-2-3-11(18)6-12(10)16/h2-7H,8H2,1H3. The number of carbonyl (C=O) groups is 1. The monoisotopic (exact) mass is 372 g/mol. The molecule has 0 aliphatic heterocycles. The lowest BCUT2D eigenvalue weighted by Gasteiger charge is -2.13. The first kappa shape index (κ1) is 15.8. The minimum Gasteiger partial charge on any atom is -0.493 e. The van der Waals surface area contributed by atoms with Crippen LogP contribution in [0.5, 0.6) is 11.5 Å². The first-order chi connectivity index (χ1) is 10.0. The van der Waals surface area contributed by atoms with Gasteiger partial charge in [0.05, 0.1) is 12.1 Å². The van der Waals surface area contributed by atoms with E-state index in [1.165, 1.54) is 31.4 Å². The van der Waals surface area contributed by atoms with Crippen LogP contribution < -0.4 is 9.47 Å². The van der Waals surface area contributed by atoms with Gasteiger partial charge in [-0.25, -0.2) is 4.39 Å². The number of hydrogen-bond donors (Lipinski definition) is 0. The molecule has 0 saturated carbocycles. The maximum absolute atomic E-state index is 13.0. The molecular weight excluding hydrogens is 363 g/mol. The highest BCUT2D eigenvalue weighted by Crippen LogP contribution is 2.37. The lowest BCUT2D eigenvalue weighted by molar-refractivity contribution is 0.112. The van der Waals surface area contributed by atoms with E-state index in [0.717, 1.165) is 5.56 Å². The molecule has 110 valence electrons. The zero-order valence-electron chi connectivity index (χ0n) is 11.0. The van der Waals surface area contributed by atoms with Gasteiger partial charge in [-0.1, -0.05) is 33.6 Å². The zero-order chi connectivity index (χ0) is 15.4. The Morgan fingerprint density at radius 2 is 2.10 bits per heavy atom. The summed E-state index contributed by atoms with van der Waals surface area (Å²) in [6.07, 6.45) is 0.675. The molecule has 0 aliphatic carbocycles. The molecule has 2 aromatic rings. The van der Waals surface area contributed by atoms with Crippen LogP contribution in [0.3, 0.4) is 0 Å². The maximum atomic E-state index is 13.0. The summed E-state index contributed by atoms with van der Waals surface area (Å²) < 4.78 is 24.4. The van der Waals surface area contributed by atoms with E-state index in [4.69, 9.17) is 21.1 Å². The average molecular weight is 374 g/mol. The quantitative estimate of drug-likeness (QED) is 0.716. The van der Waals surface area contributed by atoms with Crippen molar-refractivity contribution in [2.75, 3.05) is 7.11 Å². The molecule has 6 heteroatoms. The van der Waals surface area contributed by atoms with Crippen molar-refractivity contribution in [3.05, 3.63) is 56.8 Å². The number of methoxy groups -OCH3 is 1. The third-order valence-electron chi connectivity index (χ3n) is 2.77. The molecule has 3 nitrogen and oxygen atoms in total. The average Bonchev–Trinajstić information content (AvgIpc) is 2.46. The van der Waals surface area contributed by atoms with Crippen molar-refractivity contribution in [1.29, 1.82) is 0 Å². The second-order valence-corrected chi connectivity index (χ2v) is 5.44. The van der Waals surface area contributed by atoms with Gasteiger partial charge in [0, 0.05) is 15.6 Å². The Morgan fingerprint density at radius 3 is 2.71 bits per heavy atom. The van der Waals surface area contributed by atoms with E-state index in [0.29, 0.717) is 27.8 Å². The second kappa shape index (κ2) is 6.91. The van der Waals surface area contributed by atoms with E-state index in [1.54, 1.807) is 6.07 Å². The van der Waals surface area contributed by atoms with Gasteiger partial charge in [0.2, 0.25) is 0 Å². The lowest BCUT2D eigenvalue weighted by atomic mass is 10.2. The predicted molar refractivity (Wildman–Crippen MR) is 81.8 cm³/mol. The molecular formula is C15H11BrClFO3. The predicted octanol–water partition coefficient (Wildman–Crippen LogP) is 4.64. The summed E-state index contributed by atoms with van der Waals surface area (Å²) in [6.45, 7) is 0.178. The molecule has 0 aromatic heterocycles. The van der Waals surface area contributed by atoms with Crippen molar-refractivity contribution in [3.63, 3.8) is 0 Å². The summed E-state index contributed by atoms with van der Waals surface area (Å²) in [7, 11) is 1.46. The highest BCUT2D eigenvalue weighted by molar-refractivity contribution is 9.10. The number of aldehydes is 1. The molecule has 0 heterocycles. The molecule has 0 saturated heterocycles. The summed E-state index contributed by atoms with van der Waals surface area (Å²) in [4.78, 5) is 10.8. The van der Waals surface area contributed by atoms with Crippen LogP contribution in [0.4, 0.5) is 4.39 Å². The van der Waals surface area contributed by atoms with Gasteiger partial charge >= 0.3 is 0 Å². The van der Waals surface area contributed by atoms with Crippen LogP contribution >= 0.6 is 27.5 Å². The summed E-state index contributed by atoms with van der Waals surface area (Å²) >= 11 is 9.35. The molecule has 0 radical (unpaired) electrons. The smallest absolute Gasteiger partial charge is 0.180 e. The molecule has 0 unspecified atom stereocenters. The highest BCUT2D eigenvalue weighted by atomic mass is 79.9. The fraction of sp³-hybridized carbons (Fsp3) is 0.133. The van der Waals surface area contributed by atoms with Crippen LogP contribution in [-0.2, 0) is 6.61 Å². The normalized spacial score (nSPS) is 10.3. The first-order valence-electron chi connectivity index (χ1n) is 5.94. The largest absolute Gasteiger partial charge is 0.493 e. The van der Waals surface area contributed by atoms with Crippen LogP contribution in [0.25, 0.3) is 0 Å². The molecule has 0 spiro atoms. The molecule has 0 amide bonds. The van der Waals surface area contributed by atoms with Crippen molar-refractivity contribution in [2.24, 2.45) is 0 Å². The van der Waals surface area contributed by atoms with Gasteiger partial charge in [0.15, 0.2) is 11.5 Å². The molecule has 0 aliphatic rings. The van der Waals surface area contributed by atoms with Crippen molar-refractivity contribution in [1.82, 2.24) is 0 Å². The fourth-order valence-electron chi connectivity index (χ4n) is 1.74. The summed E-state index contributed by atoms with van der Waals surface area (Å²) in [5.74, 6) is 0.361. The molecule has 21 heavy (non-hydrogen) atoms. The molecule has 0 fully saturated rings. The Bertz CT molecular complexity index is 676. The van der Waals surface area contributed by atoms with Crippen LogP contribution in [0.1, 0.15) is 15.9 Å². The molecule has 0 atom stereocenters.